The highest BCUT2D eigenvalue weighted by Crippen LogP contribution is 2.45. The van der Waals surface area contributed by atoms with Gasteiger partial charge < -0.3 is 40.3 Å². The molecule has 6 N–H and O–H groups in total. The molecule has 7 rings (SSSR count). The van der Waals surface area contributed by atoms with Crippen LogP contribution in [0.5, 0.6) is 0 Å². The fourth-order valence-corrected chi connectivity index (χ4v) is 8.72. The van der Waals surface area contributed by atoms with Crippen LogP contribution in [0.25, 0.3) is 33.3 Å². The van der Waals surface area contributed by atoms with Crippen LogP contribution in [0.2, 0.25) is 0 Å². The van der Waals surface area contributed by atoms with Gasteiger partial charge in [-0.15, -0.1) is 0 Å². The van der Waals surface area contributed by atoms with Crippen LogP contribution in [-0.4, -0.2) is 137 Å². The number of aromatic amines is 2. The van der Waals surface area contributed by atoms with Gasteiger partial charge in [0.05, 0.1) is 78.0 Å². The second-order valence-corrected chi connectivity index (χ2v) is 15.7. The first-order valence-electron chi connectivity index (χ1n) is 20.9. The molecule has 0 aliphatic carbocycles. The monoisotopic (exact) mass is 824 g/mol. The van der Waals surface area contributed by atoms with Gasteiger partial charge in [-0.2, -0.15) is 0 Å². The summed E-state index contributed by atoms with van der Waals surface area (Å²) in [4.78, 5) is 77.1. The molecule has 0 saturated carbocycles. The van der Waals surface area contributed by atoms with E-state index in [9.17, 15) is 24.3 Å². The number of aliphatic hydroxyl groups is 1. The molecule has 3 amide bonds. The van der Waals surface area contributed by atoms with Crippen molar-refractivity contribution in [2.45, 2.75) is 65.7 Å². The number of aromatic nitrogens is 4. The van der Waals surface area contributed by atoms with Crippen LogP contribution >= 0.6 is 0 Å². The predicted octanol–water partition coefficient (Wildman–Crippen LogP) is 3.84. The number of ether oxygens (including phenoxy) is 3. The van der Waals surface area contributed by atoms with Gasteiger partial charge in [0.1, 0.15) is 6.61 Å². The number of H-pyrrole nitrogens is 2. The van der Waals surface area contributed by atoms with Gasteiger partial charge in [-0.3, -0.25) is 29.0 Å². The Hall–Kier alpha value is -5.26. The first-order chi connectivity index (χ1) is 29.0. The molecule has 16 heteroatoms. The molecule has 2 atom stereocenters. The minimum absolute atomic E-state index is 0.0280. The van der Waals surface area contributed by atoms with Crippen LogP contribution in [0.15, 0.2) is 18.2 Å². The highest BCUT2D eigenvalue weighted by Gasteiger charge is 2.41. The van der Waals surface area contributed by atoms with E-state index in [1.165, 1.54) is 4.90 Å². The number of nitrogens with zero attached hydrogens (tertiary/aromatic N) is 4. The lowest BCUT2D eigenvalue weighted by Crippen LogP contribution is -2.47. The first kappa shape index (κ1) is 42.8. The van der Waals surface area contributed by atoms with Crippen molar-refractivity contribution in [2.75, 3.05) is 78.9 Å². The third kappa shape index (κ3) is 8.39. The number of aryl methyl sites for hydroxylation is 1. The Morgan fingerprint density at radius 2 is 1.68 bits per heavy atom. The Kier molecular flexibility index (Phi) is 13.3. The molecule has 0 radical (unpaired) electrons. The van der Waals surface area contributed by atoms with Crippen molar-refractivity contribution in [3.8, 4) is 0 Å². The molecular formula is C44H56N8O8. The molecule has 5 aliphatic rings. The molecule has 2 aromatic rings. The molecule has 0 spiro atoms. The number of esters is 1. The number of nitrogens with one attached hydrogen (secondary N) is 3. The molecule has 0 aromatic carbocycles. The molecule has 16 nitrogen and oxygen atoms in total. The number of carbonyl (C=O) groups is 4. The van der Waals surface area contributed by atoms with E-state index in [0.29, 0.717) is 133 Å². The molecule has 320 valence electrons. The summed E-state index contributed by atoms with van der Waals surface area (Å²) in [5, 5.41) is 12.3. The molecular weight excluding hydrogens is 769 g/mol. The average Bonchev–Trinajstić information content (AvgIpc) is 3.92. The molecule has 8 bridgehead atoms. The summed E-state index contributed by atoms with van der Waals surface area (Å²) in [5.74, 6) is -2.24. The highest BCUT2D eigenvalue weighted by molar-refractivity contribution is 6.27. The van der Waals surface area contributed by atoms with Gasteiger partial charge in [-0.25, -0.2) is 9.97 Å². The van der Waals surface area contributed by atoms with E-state index in [1.807, 2.05) is 45.9 Å². The van der Waals surface area contributed by atoms with Gasteiger partial charge in [0.2, 0.25) is 0 Å². The maximum Gasteiger partial charge on any atom is 0.305 e. The van der Waals surface area contributed by atoms with Crippen molar-refractivity contribution < 1.29 is 38.5 Å². The van der Waals surface area contributed by atoms with E-state index < -0.39 is 17.8 Å². The second-order valence-electron chi connectivity index (χ2n) is 15.7. The Balaban J connectivity index is 1.47. The number of aliphatic hydroxyl groups excluding tert-OH is 1. The van der Waals surface area contributed by atoms with Crippen LogP contribution in [0.3, 0.4) is 0 Å². The summed E-state index contributed by atoms with van der Waals surface area (Å²) in [6.07, 6.45) is 1.01. The lowest BCUT2D eigenvalue weighted by Gasteiger charge is -2.31. The Labute approximate surface area is 349 Å². The zero-order valence-electron chi connectivity index (χ0n) is 35.2. The van der Waals surface area contributed by atoms with E-state index in [1.54, 1.807) is 0 Å². The van der Waals surface area contributed by atoms with Crippen molar-refractivity contribution in [2.24, 2.45) is 5.73 Å². The third-order valence-electron chi connectivity index (χ3n) is 12.1. The maximum absolute atomic E-state index is 15.0. The van der Waals surface area contributed by atoms with Gasteiger partial charge >= 0.3 is 5.97 Å². The first-order valence-corrected chi connectivity index (χ1v) is 20.9. The SMILES string of the molecule is CCC1=C(C)c2cc3nc(cc4[nH]c(c5c6[nH]c(cc1n2)c(C)c6C(=O)N(CCN1CCOCC1)C5=O)[C@@H](CCC(=O)OCCO)[C@@H]4C)C(C)=C3C(=O)NCCOCCN. The van der Waals surface area contributed by atoms with Gasteiger partial charge in [0.25, 0.3) is 17.7 Å². The van der Waals surface area contributed by atoms with E-state index in [0.717, 1.165) is 16.8 Å². The van der Waals surface area contributed by atoms with Crippen LogP contribution < -0.4 is 11.1 Å². The molecule has 1 saturated heterocycles. The minimum atomic E-state index is -0.469. The summed E-state index contributed by atoms with van der Waals surface area (Å²) in [7, 11) is 0. The lowest BCUT2D eigenvalue weighted by atomic mass is 9.84. The van der Waals surface area contributed by atoms with Crippen LogP contribution in [0.4, 0.5) is 0 Å². The number of rotatable bonds is 15. The zero-order chi connectivity index (χ0) is 42.7. The summed E-state index contributed by atoms with van der Waals surface area (Å²) in [5.41, 5.74) is 14.8. The van der Waals surface area contributed by atoms with Gasteiger partial charge in [-0.05, 0) is 74.1 Å². The van der Waals surface area contributed by atoms with Crippen molar-refractivity contribution in [3.63, 3.8) is 0 Å². The number of hydrogen-bond donors (Lipinski definition) is 5. The van der Waals surface area contributed by atoms with Crippen LogP contribution in [0.1, 0.15) is 119 Å². The van der Waals surface area contributed by atoms with Crippen molar-refractivity contribution in [3.05, 3.63) is 69.1 Å². The van der Waals surface area contributed by atoms with Crippen molar-refractivity contribution in [1.82, 2.24) is 35.1 Å². The number of fused-ring (bicyclic) bond motifs is 8. The van der Waals surface area contributed by atoms with E-state index in [-0.39, 0.29) is 50.5 Å². The largest absolute Gasteiger partial charge is 0.463 e. The number of morpholine rings is 1. The number of allylic oxidation sites excluding steroid dienone is 3. The summed E-state index contributed by atoms with van der Waals surface area (Å²) >= 11 is 0. The normalized spacial score (nSPS) is 18.7. The second kappa shape index (κ2) is 18.6. The maximum atomic E-state index is 15.0. The number of imide groups is 1. The van der Waals surface area contributed by atoms with Crippen molar-refractivity contribution in [1.29, 1.82) is 0 Å². The van der Waals surface area contributed by atoms with E-state index in [4.69, 9.17) is 29.9 Å². The van der Waals surface area contributed by atoms with E-state index in [2.05, 4.69) is 27.1 Å². The fraction of sp³-hybridized carbons (Fsp3) is 0.500. The van der Waals surface area contributed by atoms with Gasteiger partial charge in [-0.1, -0.05) is 13.8 Å². The molecule has 0 unspecified atom stereocenters. The van der Waals surface area contributed by atoms with Crippen LogP contribution in [-0.2, 0) is 23.8 Å². The number of nitrogens with two attached hydrogens (primary N) is 1. The van der Waals surface area contributed by atoms with Gasteiger partial charge in [0.15, 0.2) is 0 Å². The molecule has 2 aromatic heterocycles. The standard InChI is InChI=1S/C44H56N8O8/c1-6-28-24(2)30-23-35-37(42(55)46-10-17-58-16-9-45)26(4)32(48-35)21-31-25(3)29(7-8-36(54)60-20-15-53)40(49-31)39-41-38(27(5)33(50-41)22-34(28)47-30)43(56)52(44(39)57)12-11-51-13-18-59-19-14-51/h21-23,25,29,49-50,53H,6-20,45H2,1-5H3,(H,46,55)/t25-,29-/m0/s1. The molecule has 1 fully saturated rings. The third-order valence-corrected chi connectivity index (χ3v) is 12.1. The van der Waals surface area contributed by atoms with Gasteiger partial charge in [0, 0.05) is 74.4 Å². The number of carbonyl (C=O) groups excluding carboxylic acids is 4. The number of hydrogen-bond acceptors (Lipinski definition) is 12. The lowest BCUT2D eigenvalue weighted by molar-refractivity contribution is -0.144. The fourth-order valence-electron chi connectivity index (χ4n) is 8.72. The average molecular weight is 825 g/mol. The van der Waals surface area contributed by atoms with Crippen molar-refractivity contribution >= 4 is 57.0 Å². The summed E-state index contributed by atoms with van der Waals surface area (Å²) < 4.78 is 16.3. The van der Waals surface area contributed by atoms with Crippen LogP contribution in [0, 0.1) is 6.92 Å². The van der Waals surface area contributed by atoms with E-state index >= 15 is 0 Å². The topological polar surface area (TPSA) is 218 Å². The number of amides is 3. The quantitative estimate of drug-likeness (QED) is 0.0984. The summed E-state index contributed by atoms with van der Waals surface area (Å²) in [6.45, 7) is 14.0. The Bertz CT molecular complexity index is 2320. The molecule has 7 heterocycles. The molecule has 60 heavy (non-hydrogen) atoms. The minimum Gasteiger partial charge on any atom is -0.463 e. The summed E-state index contributed by atoms with van der Waals surface area (Å²) in [6, 6.07) is 5.68. The Morgan fingerprint density at radius 1 is 0.950 bits per heavy atom. The highest BCUT2D eigenvalue weighted by atomic mass is 16.5. The molecule has 5 aliphatic heterocycles. The Morgan fingerprint density at radius 3 is 2.42 bits per heavy atom. The smallest absolute Gasteiger partial charge is 0.305 e. The zero-order valence-corrected chi connectivity index (χ0v) is 35.2. The predicted molar refractivity (Wildman–Crippen MR) is 226 cm³/mol.